The average molecular weight is 506 g/mol. The van der Waals surface area contributed by atoms with E-state index in [-0.39, 0.29) is 5.92 Å². The van der Waals surface area contributed by atoms with E-state index in [9.17, 15) is 0 Å². The molecular weight excluding hydrogens is 478 g/mol. The van der Waals surface area contributed by atoms with Crippen molar-refractivity contribution in [2.75, 3.05) is 19.5 Å². The van der Waals surface area contributed by atoms with Crippen LogP contribution >= 0.6 is 22.9 Å². The van der Waals surface area contributed by atoms with E-state index >= 15 is 0 Å². The van der Waals surface area contributed by atoms with Crippen LogP contribution in [0.4, 0.5) is 10.8 Å². The standard InChI is InChI=1S/C27H28ClN5OS/c1-16(2)17-5-7-18(8-6-17)21-11-20(29-3)13-24-26(21)32-27(35-24)31-19-9-10-22(23(12-19)34-4)33-14-25(28)30-15-33/h5-10,12,14-15,20-21,29H,1,11,13H2,2-4H3,(H,31,32). The molecule has 0 radical (unpaired) electrons. The number of rotatable bonds is 7. The second-order valence-corrected chi connectivity index (χ2v) is 10.3. The number of imidazole rings is 1. The van der Waals surface area contributed by atoms with Gasteiger partial charge in [0.1, 0.15) is 17.2 Å². The number of anilines is 2. The molecule has 0 saturated heterocycles. The topological polar surface area (TPSA) is 64.0 Å². The number of ether oxygens (including phenoxy) is 1. The summed E-state index contributed by atoms with van der Waals surface area (Å²) in [6, 6.07) is 15.1. The number of nitrogens with zero attached hydrogens (tertiary/aromatic N) is 3. The van der Waals surface area contributed by atoms with E-state index in [2.05, 4.69) is 46.5 Å². The zero-order valence-corrected chi connectivity index (χ0v) is 21.6. The Bertz CT molecular complexity index is 1360. The number of hydrogen-bond acceptors (Lipinski definition) is 6. The summed E-state index contributed by atoms with van der Waals surface area (Å²) in [7, 11) is 3.70. The van der Waals surface area contributed by atoms with Crippen LogP contribution in [0.3, 0.4) is 0 Å². The van der Waals surface area contributed by atoms with E-state index in [0.717, 1.165) is 40.7 Å². The highest BCUT2D eigenvalue weighted by Crippen LogP contribution is 2.41. The van der Waals surface area contributed by atoms with Crippen LogP contribution < -0.4 is 15.4 Å². The largest absolute Gasteiger partial charge is 0.494 e. The zero-order valence-electron chi connectivity index (χ0n) is 20.0. The number of thiazole rings is 1. The first-order valence-corrected chi connectivity index (χ1v) is 12.7. The summed E-state index contributed by atoms with van der Waals surface area (Å²) in [6.45, 7) is 6.10. The molecule has 0 spiro atoms. The van der Waals surface area contributed by atoms with Gasteiger partial charge in [-0.3, -0.25) is 0 Å². The van der Waals surface area contributed by atoms with Crippen molar-refractivity contribution >= 4 is 39.3 Å². The van der Waals surface area contributed by atoms with Gasteiger partial charge in [0.2, 0.25) is 0 Å². The molecule has 1 aliphatic carbocycles. The number of aromatic nitrogens is 3. The van der Waals surface area contributed by atoms with Gasteiger partial charge < -0.3 is 19.9 Å². The Morgan fingerprint density at radius 3 is 2.69 bits per heavy atom. The molecule has 180 valence electrons. The van der Waals surface area contributed by atoms with E-state index in [0.29, 0.717) is 11.2 Å². The van der Waals surface area contributed by atoms with Crippen molar-refractivity contribution in [2.24, 2.45) is 0 Å². The smallest absolute Gasteiger partial charge is 0.187 e. The quantitative estimate of drug-likeness (QED) is 0.303. The summed E-state index contributed by atoms with van der Waals surface area (Å²) >= 11 is 7.72. The summed E-state index contributed by atoms with van der Waals surface area (Å²) < 4.78 is 7.48. The Hall–Kier alpha value is -3.13. The van der Waals surface area contributed by atoms with Crippen LogP contribution in [0, 0.1) is 0 Å². The van der Waals surface area contributed by atoms with Crippen molar-refractivity contribution in [3.05, 3.63) is 88.4 Å². The second-order valence-electron chi connectivity index (χ2n) is 8.82. The SMILES string of the molecule is C=C(C)c1ccc(C2CC(NC)Cc3sc(Nc4ccc(-n5cnc(Cl)c5)c(OC)c4)nc32)cc1. The van der Waals surface area contributed by atoms with Crippen molar-refractivity contribution < 1.29 is 4.74 Å². The van der Waals surface area contributed by atoms with Gasteiger partial charge >= 0.3 is 0 Å². The molecule has 2 atom stereocenters. The molecule has 2 aromatic heterocycles. The first kappa shape index (κ1) is 23.6. The molecule has 35 heavy (non-hydrogen) atoms. The monoisotopic (exact) mass is 505 g/mol. The second kappa shape index (κ2) is 9.85. The molecule has 8 heteroatoms. The molecule has 0 bridgehead atoms. The number of halogens is 1. The minimum Gasteiger partial charge on any atom is -0.494 e. The number of hydrogen-bond donors (Lipinski definition) is 2. The van der Waals surface area contributed by atoms with E-state index in [4.69, 9.17) is 21.3 Å². The number of benzene rings is 2. The van der Waals surface area contributed by atoms with Gasteiger partial charge in [0, 0.05) is 34.8 Å². The molecule has 0 saturated carbocycles. The van der Waals surface area contributed by atoms with Crippen LogP contribution in [-0.2, 0) is 6.42 Å². The average Bonchev–Trinajstić information content (AvgIpc) is 3.48. The maximum absolute atomic E-state index is 5.99. The zero-order chi connectivity index (χ0) is 24.5. The lowest BCUT2D eigenvalue weighted by Crippen LogP contribution is -2.33. The Balaban J connectivity index is 1.43. The molecule has 4 aromatic rings. The minimum atomic E-state index is 0.255. The molecule has 2 unspecified atom stereocenters. The molecule has 2 N–H and O–H groups in total. The first-order chi connectivity index (χ1) is 16.9. The van der Waals surface area contributed by atoms with Crippen LogP contribution in [0.1, 0.15) is 41.0 Å². The van der Waals surface area contributed by atoms with Crippen molar-refractivity contribution in [1.82, 2.24) is 19.9 Å². The van der Waals surface area contributed by atoms with Gasteiger partial charge in [0.25, 0.3) is 0 Å². The molecule has 6 nitrogen and oxygen atoms in total. The number of allylic oxidation sites excluding steroid dienone is 1. The van der Waals surface area contributed by atoms with Crippen LogP contribution in [0.15, 0.2) is 61.6 Å². The van der Waals surface area contributed by atoms with Crippen molar-refractivity contribution in [3.63, 3.8) is 0 Å². The Morgan fingerprint density at radius 1 is 1.23 bits per heavy atom. The van der Waals surface area contributed by atoms with Crippen molar-refractivity contribution in [1.29, 1.82) is 0 Å². The third kappa shape index (κ3) is 4.85. The van der Waals surface area contributed by atoms with Crippen LogP contribution in [0.25, 0.3) is 11.3 Å². The van der Waals surface area contributed by atoms with Crippen LogP contribution in [0.2, 0.25) is 5.15 Å². The van der Waals surface area contributed by atoms with E-state index < -0.39 is 0 Å². The van der Waals surface area contributed by atoms with Gasteiger partial charge in [-0.05, 0) is 50.1 Å². The van der Waals surface area contributed by atoms with Crippen LogP contribution in [-0.4, -0.2) is 34.7 Å². The van der Waals surface area contributed by atoms with Gasteiger partial charge in [-0.25, -0.2) is 9.97 Å². The highest BCUT2D eigenvalue weighted by molar-refractivity contribution is 7.15. The number of nitrogens with one attached hydrogen (secondary N) is 2. The fourth-order valence-electron chi connectivity index (χ4n) is 4.58. The lowest BCUT2D eigenvalue weighted by molar-refractivity contribution is 0.413. The van der Waals surface area contributed by atoms with Gasteiger partial charge in [-0.1, -0.05) is 48.0 Å². The summed E-state index contributed by atoms with van der Waals surface area (Å²) in [4.78, 5) is 10.5. The van der Waals surface area contributed by atoms with E-state index in [1.807, 2.05) is 36.7 Å². The fraction of sp³-hybridized carbons (Fsp3) is 0.259. The predicted molar refractivity (Wildman–Crippen MR) is 145 cm³/mol. The minimum absolute atomic E-state index is 0.255. The molecule has 0 amide bonds. The van der Waals surface area contributed by atoms with Gasteiger partial charge in [-0.15, -0.1) is 11.3 Å². The number of fused-ring (bicyclic) bond motifs is 1. The van der Waals surface area contributed by atoms with Crippen molar-refractivity contribution in [3.8, 4) is 11.4 Å². The first-order valence-electron chi connectivity index (χ1n) is 11.5. The Labute approximate surface area is 214 Å². The highest BCUT2D eigenvalue weighted by atomic mass is 35.5. The summed E-state index contributed by atoms with van der Waals surface area (Å²) in [5.74, 6) is 0.973. The Morgan fingerprint density at radius 2 is 2.03 bits per heavy atom. The fourth-order valence-corrected chi connectivity index (χ4v) is 5.85. The summed E-state index contributed by atoms with van der Waals surface area (Å²) in [5, 5.41) is 8.30. The molecule has 1 aliphatic rings. The lowest BCUT2D eigenvalue weighted by atomic mass is 9.82. The van der Waals surface area contributed by atoms with Gasteiger partial charge in [0.05, 0.1) is 18.5 Å². The summed E-state index contributed by atoms with van der Waals surface area (Å²) in [5.41, 5.74) is 6.49. The normalized spacial score (nSPS) is 17.1. The Kier molecular flexibility index (Phi) is 6.65. The molecule has 0 aliphatic heterocycles. The predicted octanol–water partition coefficient (Wildman–Crippen LogP) is 6.43. The third-order valence-electron chi connectivity index (χ3n) is 6.48. The van der Waals surface area contributed by atoms with Gasteiger partial charge in [0.15, 0.2) is 5.13 Å². The maximum atomic E-state index is 5.99. The molecule has 2 heterocycles. The molecule has 0 fully saturated rings. The highest BCUT2D eigenvalue weighted by Gasteiger charge is 2.31. The number of likely N-dealkylation sites (N-methyl/N-ethyl adjacent to an activating group) is 1. The molecular formula is C27H28ClN5OS. The van der Waals surface area contributed by atoms with Gasteiger partial charge in [-0.2, -0.15) is 0 Å². The van der Waals surface area contributed by atoms with Crippen LogP contribution in [0.5, 0.6) is 5.75 Å². The van der Waals surface area contributed by atoms with E-state index in [1.165, 1.54) is 21.7 Å². The third-order valence-corrected chi connectivity index (χ3v) is 7.69. The lowest BCUT2D eigenvalue weighted by Gasteiger charge is -2.28. The van der Waals surface area contributed by atoms with Crippen molar-refractivity contribution in [2.45, 2.75) is 31.7 Å². The number of methoxy groups -OCH3 is 1. The molecule has 5 rings (SSSR count). The van der Waals surface area contributed by atoms with E-state index in [1.54, 1.807) is 31.0 Å². The maximum Gasteiger partial charge on any atom is 0.187 e. The molecule has 2 aromatic carbocycles. The summed E-state index contributed by atoms with van der Waals surface area (Å²) in [6.07, 6.45) is 5.43.